The van der Waals surface area contributed by atoms with Gasteiger partial charge in [-0.15, -0.1) is 0 Å². The van der Waals surface area contributed by atoms with Crippen LogP contribution in [0.4, 0.5) is 0 Å². The Hall–Kier alpha value is -2.40. The molecule has 0 spiro atoms. The fourth-order valence-electron chi connectivity index (χ4n) is 1.92. The average molecular weight is 321 g/mol. The maximum Gasteiger partial charge on any atom is 0.176 e. The molecule has 2 rings (SSSR count). The van der Waals surface area contributed by atoms with Crippen molar-refractivity contribution in [3.8, 4) is 17.2 Å². The Morgan fingerprint density at radius 3 is 2.64 bits per heavy atom. The minimum atomic E-state index is -0.0803. The van der Waals surface area contributed by atoms with Gasteiger partial charge in [-0.3, -0.25) is 0 Å². The zero-order chi connectivity index (χ0) is 15.9. The van der Waals surface area contributed by atoms with Gasteiger partial charge in [0.25, 0.3) is 0 Å². The number of methoxy groups -OCH3 is 2. The maximum atomic E-state index is 9.67. The number of hydrogen-bond acceptors (Lipinski definition) is 5. The minimum Gasteiger partial charge on any atom is -0.503 e. The lowest BCUT2D eigenvalue weighted by Gasteiger charge is -2.08. The normalized spacial score (nSPS) is 10.7. The number of hydrazone groups is 1. The van der Waals surface area contributed by atoms with Crippen LogP contribution in [0.3, 0.4) is 0 Å². The van der Waals surface area contributed by atoms with Gasteiger partial charge in [0.15, 0.2) is 11.5 Å². The Balaban J connectivity index is 2.02. The molecule has 2 aromatic carbocycles. The summed E-state index contributed by atoms with van der Waals surface area (Å²) in [5.41, 5.74) is 4.66. The first-order valence-electron chi connectivity index (χ1n) is 6.60. The predicted molar refractivity (Wildman–Crippen MR) is 87.1 cm³/mol. The molecule has 0 aliphatic rings. The van der Waals surface area contributed by atoms with Crippen LogP contribution in [0.25, 0.3) is 0 Å². The zero-order valence-electron chi connectivity index (χ0n) is 12.3. The second-order valence-corrected chi connectivity index (χ2v) is 4.87. The van der Waals surface area contributed by atoms with Crippen molar-refractivity contribution in [1.29, 1.82) is 0 Å². The minimum absolute atomic E-state index is 0.0803. The molecule has 2 aromatic rings. The summed E-state index contributed by atoms with van der Waals surface area (Å²) >= 11 is 5.92. The molecule has 0 aromatic heterocycles. The number of para-hydroxylation sites is 1. The van der Waals surface area contributed by atoms with Crippen molar-refractivity contribution in [1.82, 2.24) is 5.43 Å². The number of hydrogen-bond donors (Lipinski definition) is 2. The molecule has 0 saturated heterocycles. The van der Waals surface area contributed by atoms with Crippen LogP contribution in [0.15, 0.2) is 41.5 Å². The topological polar surface area (TPSA) is 63.1 Å². The smallest absolute Gasteiger partial charge is 0.176 e. The molecule has 0 aliphatic heterocycles. The fourth-order valence-corrected chi connectivity index (χ4v) is 2.14. The lowest BCUT2D eigenvalue weighted by Crippen LogP contribution is -2.06. The van der Waals surface area contributed by atoms with Gasteiger partial charge in [-0.05, 0) is 23.8 Å². The third kappa shape index (κ3) is 3.83. The Kier molecular flexibility index (Phi) is 5.49. The molecule has 22 heavy (non-hydrogen) atoms. The van der Waals surface area contributed by atoms with E-state index < -0.39 is 0 Å². The van der Waals surface area contributed by atoms with Crippen molar-refractivity contribution < 1.29 is 14.6 Å². The van der Waals surface area contributed by atoms with Crippen molar-refractivity contribution in [3.05, 3.63) is 52.5 Å². The SMILES string of the molecule is COc1ccccc1CN/N=C\c1cc(Cl)c(O)c(OC)c1. The zero-order valence-corrected chi connectivity index (χ0v) is 13.1. The average Bonchev–Trinajstić information content (AvgIpc) is 2.54. The number of ether oxygens (including phenoxy) is 2. The number of benzene rings is 2. The van der Waals surface area contributed by atoms with Crippen LogP contribution in [-0.4, -0.2) is 25.5 Å². The van der Waals surface area contributed by atoms with E-state index in [0.29, 0.717) is 17.9 Å². The van der Waals surface area contributed by atoms with Crippen molar-refractivity contribution in [2.24, 2.45) is 5.10 Å². The monoisotopic (exact) mass is 320 g/mol. The van der Waals surface area contributed by atoms with E-state index in [2.05, 4.69) is 10.5 Å². The number of phenolic OH excluding ortho intramolecular Hbond substituents is 1. The van der Waals surface area contributed by atoms with Gasteiger partial charge < -0.3 is 20.0 Å². The number of rotatable bonds is 6. The lowest BCUT2D eigenvalue weighted by molar-refractivity contribution is 0.373. The Morgan fingerprint density at radius 2 is 1.91 bits per heavy atom. The molecule has 0 bridgehead atoms. The second kappa shape index (κ2) is 7.56. The quantitative estimate of drug-likeness (QED) is 0.634. The van der Waals surface area contributed by atoms with Gasteiger partial charge in [0, 0.05) is 5.56 Å². The van der Waals surface area contributed by atoms with E-state index in [0.717, 1.165) is 11.3 Å². The standard InChI is InChI=1S/C16H17ClN2O3/c1-21-14-6-4-3-5-12(14)10-19-18-9-11-7-13(17)16(20)15(8-11)22-2/h3-9,19-20H,10H2,1-2H3/b18-9-. The first-order chi connectivity index (χ1) is 10.7. The van der Waals surface area contributed by atoms with Gasteiger partial charge in [0.1, 0.15) is 5.75 Å². The van der Waals surface area contributed by atoms with Crippen LogP contribution >= 0.6 is 11.6 Å². The molecular weight excluding hydrogens is 304 g/mol. The third-order valence-electron chi connectivity index (χ3n) is 3.04. The maximum absolute atomic E-state index is 9.67. The summed E-state index contributed by atoms with van der Waals surface area (Å²) in [6.07, 6.45) is 1.60. The van der Waals surface area contributed by atoms with Gasteiger partial charge >= 0.3 is 0 Å². The Bertz CT molecular complexity index is 674. The number of nitrogens with zero attached hydrogens (tertiary/aromatic N) is 1. The molecule has 0 amide bonds. The summed E-state index contributed by atoms with van der Waals surface area (Å²) in [6, 6.07) is 11.0. The van der Waals surface area contributed by atoms with Crippen molar-refractivity contribution in [3.63, 3.8) is 0 Å². The number of aromatic hydroxyl groups is 1. The largest absolute Gasteiger partial charge is 0.503 e. The molecular formula is C16H17ClN2O3. The van der Waals surface area contributed by atoms with Crippen molar-refractivity contribution in [2.45, 2.75) is 6.54 Å². The van der Waals surface area contributed by atoms with E-state index in [1.54, 1.807) is 25.5 Å². The molecule has 0 heterocycles. The summed E-state index contributed by atoms with van der Waals surface area (Å²) in [5.74, 6) is 1.03. The number of nitrogens with one attached hydrogen (secondary N) is 1. The molecule has 0 unspecified atom stereocenters. The predicted octanol–water partition coefficient (Wildman–Crippen LogP) is 3.19. The van der Waals surface area contributed by atoms with Gasteiger partial charge in [-0.2, -0.15) is 5.10 Å². The van der Waals surface area contributed by atoms with E-state index in [9.17, 15) is 5.11 Å². The summed E-state index contributed by atoms with van der Waals surface area (Å²) in [5, 5.41) is 14.0. The van der Waals surface area contributed by atoms with Gasteiger partial charge in [0.05, 0.1) is 32.0 Å². The summed E-state index contributed by atoms with van der Waals surface area (Å²) < 4.78 is 10.3. The van der Waals surface area contributed by atoms with Crippen LogP contribution in [0.1, 0.15) is 11.1 Å². The summed E-state index contributed by atoms with van der Waals surface area (Å²) in [7, 11) is 3.10. The van der Waals surface area contributed by atoms with Gasteiger partial charge in [-0.25, -0.2) is 0 Å². The van der Waals surface area contributed by atoms with E-state index in [1.165, 1.54) is 7.11 Å². The van der Waals surface area contributed by atoms with Crippen LogP contribution in [0, 0.1) is 0 Å². The lowest BCUT2D eigenvalue weighted by atomic mass is 10.2. The van der Waals surface area contributed by atoms with E-state index in [4.69, 9.17) is 21.1 Å². The van der Waals surface area contributed by atoms with Crippen LogP contribution in [-0.2, 0) is 6.54 Å². The van der Waals surface area contributed by atoms with Crippen molar-refractivity contribution >= 4 is 17.8 Å². The molecule has 0 aliphatic carbocycles. The van der Waals surface area contributed by atoms with Crippen molar-refractivity contribution in [2.75, 3.05) is 14.2 Å². The summed E-state index contributed by atoms with van der Waals surface area (Å²) in [4.78, 5) is 0. The Morgan fingerprint density at radius 1 is 1.18 bits per heavy atom. The molecule has 6 heteroatoms. The molecule has 2 N–H and O–H groups in total. The van der Waals surface area contributed by atoms with E-state index in [-0.39, 0.29) is 10.8 Å². The second-order valence-electron chi connectivity index (χ2n) is 4.46. The van der Waals surface area contributed by atoms with Gasteiger partial charge in [-0.1, -0.05) is 29.8 Å². The fraction of sp³-hybridized carbons (Fsp3) is 0.188. The van der Waals surface area contributed by atoms with E-state index in [1.807, 2.05) is 24.3 Å². The highest BCUT2D eigenvalue weighted by molar-refractivity contribution is 6.32. The van der Waals surface area contributed by atoms with E-state index >= 15 is 0 Å². The third-order valence-corrected chi connectivity index (χ3v) is 3.33. The molecule has 0 fully saturated rings. The number of halogens is 1. The highest BCUT2D eigenvalue weighted by atomic mass is 35.5. The van der Waals surface area contributed by atoms with Crippen LogP contribution in [0.5, 0.6) is 17.2 Å². The molecule has 116 valence electrons. The highest BCUT2D eigenvalue weighted by Gasteiger charge is 2.07. The highest BCUT2D eigenvalue weighted by Crippen LogP contribution is 2.34. The molecule has 5 nitrogen and oxygen atoms in total. The van der Waals surface area contributed by atoms with Crippen LogP contribution < -0.4 is 14.9 Å². The molecule has 0 radical (unpaired) electrons. The Labute approximate surface area is 134 Å². The number of phenols is 1. The molecule has 0 saturated carbocycles. The summed E-state index contributed by atoms with van der Waals surface area (Å²) in [6.45, 7) is 0.531. The first kappa shape index (κ1) is 16.0. The molecule has 0 atom stereocenters. The first-order valence-corrected chi connectivity index (χ1v) is 6.97. The van der Waals surface area contributed by atoms with Gasteiger partial charge in [0.2, 0.25) is 0 Å². The van der Waals surface area contributed by atoms with Crippen LogP contribution in [0.2, 0.25) is 5.02 Å².